The molecule has 0 saturated carbocycles. The number of ether oxygens (including phenoxy) is 12. The van der Waals surface area contributed by atoms with Crippen LogP contribution in [0, 0.1) is 0 Å². The van der Waals surface area contributed by atoms with Crippen LogP contribution >= 0.6 is 0 Å². The van der Waals surface area contributed by atoms with Gasteiger partial charge in [0.1, 0.15) is 135 Å². The van der Waals surface area contributed by atoms with Crippen LogP contribution in [0.1, 0.15) is 11.1 Å². The molecule has 0 unspecified atom stereocenters. The van der Waals surface area contributed by atoms with Gasteiger partial charge in [0, 0.05) is 0 Å². The average molecular weight is 1120 g/mol. The maximum Gasteiger partial charge on any atom is 0.328 e. The predicted octanol–water partition coefficient (Wildman–Crippen LogP) is -8.49. The number of aliphatic hydroxyl groups is 16. The summed E-state index contributed by atoms with van der Waals surface area (Å²) in [6.07, 6.45) is -46.9. The first-order valence-electron chi connectivity index (χ1n) is 24.7. The van der Waals surface area contributed by atoms with Gasteiger partial charge in [-0.15, -0.1) is 15.0 Å². The number of aliphatic hydroxyl groups excluding tert-OH is 16. The van der Waals surface area contributed by atoms with E-state index in [9.17, 15) is 81.7 Å². The molecule has 5 aliphatic rings. The molecule has 25 atom stereocenters. The molecule has 31 nitrogen and oxygen atoms in total. The Morgan fingerprint density at radius 3 is 0.936 bits per heavy atom. The lowest BCUT2D eigenvalue weighted by Crippen LogP contribution is -2.68. The smallest absolute Gasteiger partial charge is 0.328 e. The zero-order valence-corrected chi connectivity index (χ0v) is 41.1. The average Bonchev–Trinajstić information content (AvgIpc) is 3.46. The highest BCUT2D eigenvalue weighted by atomic mass is 16.8. The SMILES string of the molecule is OC[C@H]1O[C@H](O[C@H]2[C@H](O)[C@@H](O)[C@@H](O[C@H]3[C@H](O)[C@@H](O)[C@@H](O[C@H]4[C@H](O)[C@@H](O)[C@@H](O[C@H]5[C@H](O)[C@@H](O)[C@@H](Oc6nc(OCc7ccccc7)nc(OCc7ccccc7)n6)O[C@@H]5CO)O[C@@H]4CO)O[C@@H]3CO)O[C@@H]2CO)[C@H](O)[C@@H](O)[C@@H]1O. The molecule has 0 aliphatic carbocycles. The highest BCUT2D eigenvalue weighted by Crippen LogP contribution is 2.36. The van der Waals surface area contributed by atoms with Crippen LogP contribution in [-0.4, -0.2) is 283 Å². The van der Waals surface area contributed by atoms with E-state index >= 15 is 0 Å². The summed E-state index contributed by atoms with van der Waals surface area (Å²) in [4.78, 5) is 12.5. The third kappa shape index (κ3) is 13.4. The van der Waals surface area contributed by atoms with Crippen LogP contribution in [0.3, 0.4) is 0 Å². The predicted molar refractivity (Wildman–Crippen MR) is 246 cm³/mol. The van der Waals surface area contributed by atoms with Crippen molar-refractivity contribution < 1.29 is 139 Å². The fourth-order valence-electron chi connectivity index (χ4n) is 9.17. The molecule has 3 aromatic rings. The van der Waals surface area contributed by atoms with Crippen LogP contribution in [0.2, 0.25) is 0 Å². The van der Waals surface area contributed by atoms with Crippen LogP contribution in [0.5, 0.6) is 18.0 Å². The Kier molecular flexibility index (Phi) is 20.8. The number of hydrogen-bond acceptors (Lipinski definition) is 31. The second-order valence-corrected chi connectivity index (χ2v) is 18.8. The second kappa shape index (κ2) is 27.1. The Morgan fingerprint density at radius 2 is 0.603 bits per heavy atom. The van der Waals surface area contributed by atoms with Crippen molar-refractivity contribution in [3.05, 3.63) is 71.8 Å². The Bertz CT molecular complexity index is 2220. The fourth-order valence-corrected chi connectivity index (χ4v) is 9.17. The van der Waals surface area contributed by atoms with Crippen LogP contribution in [0.15, 0.2) is 60.7 Å². The van der Waals surface area contributed by atoms with E-state index in [1.54, 1.807) is 48.5 Å². The molecule has 436 valence electrons. The molecular formula is C47H65N3O28. The van der Waals surface area contributed by atoms with Crippen molar-refractivity contribution in [3.63, 3.8) is 0 Å². The van der Waals surface area contributed by atoms with E-state index < -0.39 is 193 Å². The molecule has 78 heavy (non-hydrogen) atoms. The number of benzene rings is 2. The van der Waals surface area contributed by atoms with Crippen LogP contribution in [0.4, 0.5) is 0 Å². The lowest BCUT2D eigenvalue weighted by atomic mass is 9.95. The van der Waals surface area contributed by atoms with E-state index in [-0.39, 0.29) is 25.2 Å². The Labute approximate surface area is 442 Å². The molecule has 5 aliphatic heterocycles. The van der Waals surface area contributed by atoms with E-state index in [1.807, 2.05) is 12.1 Å². The van der Waals surface area contributed by atoms with Crippen LogP contribution in [-0.2, 0) is 55.8 Å². The molecular weight excluding hydrogens is 1050 g/mol. The third-order valence-corrected chi connectivity index (χ3v) is 13.5. The summed E-state index contributed by atoms with van der Waals surface area (Å²) in [7, 11) is 0. The first-order valence-corrected chi connectivity index (χ1v) is 24.7. The summed E-state index contributed by atoms with van der Waals surface area (Å²) < 4.78 is 68.1. The Hall–Kier alpha value is -4.15. The van der Waals surface area contributed by atoms with E-state index in [0.29, 0.717) is 0 Å². The highest BCUT2D eigenvalue weighted by molar-refractivity contribution is 5.17. The molecule has 5 fully saturated rings. The van der Waals surface area contributed by atoms with Crippen LogP contribution in [0.25, 0.3) is 0 Å². The van der Waals surface area contributed by atoms with E-state index in [1.165, 1.54) is 0 Å². The highest BCUT2D eigenvalue weighted by Gasteiger charge is 2.56. The molecule has 8 rings (SSSR count). The van der Waals surface area contributed by atoms with Gasteiger partial charge in [-0.3, -0.25) is 0 Å². The lowest BCUT2D eigenvalue weighted by molar-refractivity contribution is -0.392. The maximum absolute atomic E-state index is 11.4. The molecule has 16 N–H and O–H groups in total. The minimum absolute atomic E-state index is 0.0238. The molecule has 0 radical (unpaired) electrons. The Balaban J connectivity index is 0.881. The van der Waals surface area contributed by atoms with Crippen molar-refractivity contribution in [2.75, 3.05) is 33.0 Å². The third-order valence-electron chi connectivity index (χ3n) is 13.5. The van der Waals surface area contributed by atoms with Crippen molar-refractivity contribution in [1.29, 1.82) is 0 Å². The van der Waals surface area contributed by atoms with Gasteiger partial charge < -0.3 is 139 Å². The summed E-state index contributed by atoms with van der Waals surface area (Å²) in [6.45, 7) is -4.63. The molecule has 1 aromatic heterocycles. The van der Waals surface area contributed by atoms with Crippen molar-refractivity contribution >= 4 is 0 Å². The molecule has 0 amide bonds. The van der Waals surface area contributed by atoms with E-state index in [4.69, 9.17) is 56.8 Å². The summed E-state index contributed by atoms with van der Waals surface area (Å²) >= 11 is 0. The fraction of sp³-hybridized carbons (Fsp3) is 0.681. The lowest BCUT2D eigenvalue weighted by Gasteiger charge is -2.49. The van der Waals surface area contributed by atoms with E-state index in [0.717, 1.165) is 11.1 Å². The first kappa shape index (κ1) is 60.0. The quantitative estimate of drug-likeness (QED) is 0.0471. The topological polar surface area (TPSA) is 473 Å². The maximum atomic E-state index is 11.4. The molecule has 0 bridgehead atoms. The molecule has 6 heterocycles. The van der Waals surface area contributed by atoms with Gasteiger partial charge in [0.05, 0.1) is 33.0 Å². The summed E-state index contributed by atoms with van der Waals surface area (Å²) in [6, 6.07) is 17.1. The Morgan fingerprint density at radius 1 is 0.321 bits per heavy atom. The van der Waals surface area contributed by atoms with Crippen molar-refractivity contribution in [3.8, 4) is 18.0 Å². The summed E-state index contributed by atoms with van der Waals surface area (Å²) in [5, 5.41) is 171. The van der Waals surface area contributed by atoms with Gasteiger partial charge in [0.15, 0.2) is 25.2 Å². The number of aromatic nitrogens is 3. The minimum Gasteiger partial charge on any atom is -0.458 e. The summed E-state index contributed by atoms with van der Waals surface area (Å²) in [5.74, 6) is 0. The monoisotopic (exact) mass is 1120 g/mol. The van der Waals surface area contributed by atoms with Gasteiger partial charge >= 0.3 is 18.0 Å². The molecule has 5 saturated heterocycles. The normalized spacial score (nSPS) is 41.3. The van der Waals surface area contributed by atoms with Gasteiger partial charge in [0.2, 0.25) is 6.29 Å². The molecule has 31 heteroatoms. The van der Waals surface area contributed by atoms with Gasteiger partial charge in [0.25, 0.3) is 0 Å². The first-order chi connectivity index (χ1) is 37.5. The number of nitrogens with zero attached hydrogens (tertiary/aromatic N) is 3. The van der Waals surface area contributed by atoms with E-state index in [2.05, 4.69) is 15.0 Å². The number of rotatable bonds is 21. The largest absolute Gasteiger partial charge is 0.458 e. The zero-order valence-electron chi connectivity index (χ0n) is 41.1. The molecule has 0 spiro atoms. The van der Waals surface area contributed by atoms with Gasteiger partial charge in [-0.1, -0.05) is 60.7 Å². The van der Waals surface area contributed by atoms with Gasteiger partial charge in [-0.25, -0.2) is 0 Å². The van der Waals surface area contributed by atoms with Crippen molar-refractivity contribution in [1.82, 2.24) is 15.0 Å². The zero-order chi connectivity index (χ0) is 55.9. The van der Waals surface area contributed by atoms with Crippen LogP contribution < -0.4 is 14.2 Å². The summed E-state index contributed by atoms with van der Waals surface area (Å²) in [5.41, 5.74) is 1.53. The standard InChI is InChI=1S/C47H65N3O28/c51-11-20-25(56)26(57)31(62)40(69-20)74-36-21(12-52)70-41(32(63)27(36)58)75-37-22(13-53)71-42(33(64)28(37)59)76-38-23(14-54)72-43(34(65)29(38)60)77-39-24(15-55)73-44(35(66)30(39)61)78-47-49-45(67-16-18-7-3-1-4-8-18)48-46(50-47)68-17-19-9-5-2-6-10-19/h1-10,20-44,51-66H,11-17H2/t20-,21-,22-,23-,24-,25-,26+,27-,28-,29-,30-,31-,32-,33-,34-,35-,36-,37-,38-,39-,40-,41-,42-,43-,44-/m1/s1. The number of hydrogen-bond donors (Lipinski definition) is 16. The van der Waals surface area contributed by atoms with Gasteiger partial charge in [-0.2, -0.15) is 0 Å². The molecule has 2 aromatic carbocycles. The second-order valence-electron chi connectivity index (χ2n) is 18.8. The van der Waals surface area contributed by atoms with Crippen molar-refractivity contribution in [2.24, 2.45) is 0 Å². The van der Waals surface area contributed by atoms with Gasteiger partial charge in [-0.05, 0) is 11.1 Å². The van der Waals surface area contributed by atoms with Crippen molar-refractivity contribution in [2.45, 2.75) is 167 Å². The minimum atomic E-state index is -2.16.